The zero-order valence-corrected chi connectivity index (χ0v) is 43.3. The molecule has 0 spiro atoms. The number of hydrogen-bond donors (Lipinski definition) is 2. The van der Waals surface area contributed by atoms with Gasteiger partial charge in [-0.3, -0.25) is 19.4 Å². The van der Waals surface area contributed by atoms with Crippen LogP contribution in [-0.2, 0) is 29.6 Å². The topological polar surface area (TPSA) is 158 Å². The first-order valence-electron chi connectivity index (χ1n) is 24.6. The van der Waals surface area contributed by atoms with E-state index in [1.54, 1.807) is 66.1 Å². The number of halogens is 2. The Hall–Kier alpha value is -5.50. The maximum absolute atomic E-state index is 14.9. The number of carbonyl (C=O) groups is 2. The van der Waals surface area contributed by atoms with E-state index >= 15 is 0 Å². The van der Waals surface area contributed by atoms with Crippen molar-refractivity contribution in [3.63, 3.8) is 0 Å². The Kier molecular flexibility index (Phi) is 15.8. The standard InChI is InChI=1S/C54H66F2N6O8S2/c1-7-51(63)61-29-27-59(33-39(61)4)35-49(41-12-10-37(2)47(55)31-41)70-44-16-20-46(21-17-44)72(67,68)58-54(25-26-54)22-8-9-52(64)62-30-28-60(34-40(62)5)36-50(42-13-11-38(3)48(56)32-42)69-43-14-18-45(19-15-43)71(65,66)57-53(6)23-24-53/h7-21,31-32,39-40,49-50,57-58H,1,22-30,33-36H2,2-6H3/b9-8+/t39-,40-,49-,50+/m1/s1. The summed E-state index contributed by atoms with van der Waals surface area (Å²) >= 11 is 0. The fourth-order valence-electron chi connectivity index (χ4n) is 9.40. The van der Waals surface area contributed by atoms with Gasteiger partial charge in [0.1, 0.15) is 35.3 Å². The van der Waals surface area contributed by atoms with Gasteiger partial charge in [-0.05, 0) is 162 Å². The van der Waals surface area contributed by atoms with Crippen LogP contribution >= 0.6 is 0 Å². The van der Waals surface area contributed by atoms with Crippen LogP contribution in [0.15, 0.2) is 120 Å². The number of aryl methyl sites for hydroxylation is 2. The van der Waals surface area contributed by atoms with Gasteiger partial charge in [0.15, 0.2) is 0 Å². The molecular formula is C54H66F2N6O8S2. The van der Waals surface area contributed by atoms with Crippen molar-refractivity contribution in [3.8, 4) is 11.5 Å². The maximum Gasteiger partial charge on any atom is 0.246 e. The highest BCUT2D eigenvalue weighted by atomic mass is 32.2. The molecule has 4 atom stereocenters. The van der Waals surface area contributed by atoms with Crippen LogP contribution in [-0.4, -0.2) is 124 Å². The number of sulfonamides is 2. The Morgan fingerprint density at radius 1 is 0.681 bits per heavy atom. The zero-order chi connectivity index (χ0) is 51.6. The SMILES string of the molecule is C=CC(=O)N1CCN(C[C@@H](Oc2ccc(S(=O)(=O)NC3(C/C=C/C(=O)N4CCN(C[C@H](Oc5ccc(S(=O)(=O)NC6(C)CC6)cc5)c5ccc(C)c(F)c5)C[C@H]4C)CC3)cc2)c2ccc(C)c(F)c2)C[C@H]1C. The Labute approximate surface area is 423 Å². The Balaban J connectivity index is 0.849. The summed E-state index contributed by atoms with van der Waals surface area (Å²) in [6.07, 6.45) is 6.49. The van der Waals surface area contributed by atoms with Crippen molar-refractivity contribution in [1.82, 2.24) is 29.0 Å². The van der Waals surface area contributed by atoms with E-state index in [4.69, 9.17) is 9.47 Å². The second kappa shape index (κ2) is 21.5. The van der Waals surface area contributed by atoms with Crippen LogP contribution in [0.5, 0.6) is 11.5 Å². The van der Waals surface area contributed by atoms with Crippen molar-refractivity contribution in [1.29, 1.82) is 0 Å². The van der Waals surface area contributed by atoms with E-state index in [0.29, 0.717) is 105 Å². The van der Waals surface area contributed by atoms with Crippen LogP contribution in [0.25, 0.3) is 0 Å². The molecule has 2 N–H and O–H groups in total. The third-order valence-corrected chi connectivity index (χ3v) is 17.6. The summed E-state index contributed by atoms with van der Waals surface area (Å²) in [5.74, 6) is -0.180. The largest absolute Gasteiger partial charge is 0.484 e. The monoisotopic (exact) mass is 1030 g/mol. The van der Waals surface area contributed by atoms with Gasteiger partial charge in [0.25, 0.3) is 0 Å². The summed E-state index contributed by atoms with van der Waals surface area (Å²) in [6, 6.07) is 22.1. The highest BCUT2D eigenvalue weighted by Gasteiger charge is 2.45. The third-order valence-electron chi connectivity index (χ3n) is 14.3. The highest BCUT2D eigenvalue weighted by molar-refractivity contribution is 7.89. The normalized spacial score (nSPS) is 21.0. The number of amides is 2. The first-order chi connectivity index (χ1) is 34.1. The number of ether oxygens (including phenoxy) is 2. The average Bonchev–Trinajstić information content (AvgIpc) is 4.27. The van der Waals surface area contributed by atoms with Gasteiger partial charge in [0.05, 0.1) is 9.79 Å². The molecule has 4 aromatic carbocycles. The molecule has 386 valence electrons. The van der Waals surface area contributed by atoms with Crippen LogP contribution in [0.2, 0.25) is 0 Å². The summed E-state index contributed by atoms with van der Waals surface area (Å²) in [7, 11) is -7.65. The summed E-state index contributed by atoms with van der Waals surface area (Å²) in [4.78, 5) is 34.0. The Bertz CT molecular complexity index is 2890. The van der Waals surface area contributed by atoms with E-state index in [1.807, 2.05) is 32.9 Å². The quantitative estimate of drug-likeness (QED) is 0.0858. The summed E-state index contributed by atoms with van der Waals surface area (Å²) in [5.41, 5.74) is 1.13. The number of nitrogens with zero attached hydrogens (tertiary/aromatic N) is 4. The van der Waals surface area contributed by atoms with Crippen molar-refractivity contribution >= 4 is 31.9 Å². The predicted octanol–water partition coefficient (Wildman–Crippen LogP) is 7.36. The molecule has 2 amide bonds. The number of piperazine rings is 2. The fraction of sp³-hybridized carbons (Fsp3) is 0.444. The van der Waals surface area contributed by atoms with E-state index in [2.05, 4.69) is 25.8 Å². The van der Waals surface area contributed by atoms with Crippen LogP contribution in [0.4, 0.5) is 8.78 Å². The molecule has 2 aliphatic carbocycles. The van der Waals surface area contributed by atoms with Gasteiger partial charge in [0.2, 0.25) is 31.9 Å². The minimum atomic E-state index is -3.95. The number of nitrogens with one attached hydrogen (secondary N) is 2. The highest BCUT2D eigenvalue weighted by Crippen LogP contribution is 2.41. The minimum Gasteiger partial charge on any atom is -0.484 e. The molecule has 4 aromatic rings. The molecule has 2 aliphatic heterocycles. The van der Waals surface area contributed by atoms with E-state index in [-0.39, 0.29) is 45.3 Å². The zero-order valence-electron chi connectivity index (χ0n) is 41.7. The Morgan fingerprint density at radius 2 is 1.12 bits per heavy atom. The molecule has 18 heteroatoms. The molecule has 0 unspecified atom stereocenters. The first kappa shape index (κ1) is 52.8. The van der Waals surface area contributed by atoms with Crippen molar-refractivity contribution in [2.24, 2.45) is 0 Å². The lowest BCUT2D eigenvalue weighted by atomic mass is 10.0. The number of hydrogen-bond acceptors (Lipinski definition) is 10. The third kappa shape index (κ3) is 13.0. The number of benzene rings is 4. The van der Waals surface area contributed by atoms with Gasteiger partial charge < -0.3 is 19.3 Å². The summed E-state index contributed by atoms with van der Waals surface area (Å²) < 4.78 is 102. The molecule has 2 saturated heterocycles. The van der Waals surface area contributed by atoms with Crippen LogP contribution < -0.4 is 18.9 Å². The van der Waals surface area contributed by atoms with E-state index < -0.39 is 43.3 Å². The summed E-state index contributed by atoms with van der Waals surface area (Å²) in [5, 5.41) is 0. The Morgan fingerprint density at radius 3 is 1.53 bits per heavy atom. The molecule has 0 bridgehead atoms. The average molecular weight is 1030 g/mol. The van der Waals surface area contributed by atoms with Gasteiger partial charge in [-0.2, -0.15) is 0 Å². The lowest BCUT2D eigenvalue weighted by Gasteiger charge is -2.40. The van der Waals surface area contributed by atoms with Crippen LogP contribution in [0.3, 0.4) is 0 Å². The molecular weight excluding hydrogens is 963 g/mol. The molecule has 4 fully saturated rings. The van der Waals surface area contributed by atoms with Gasteiger partial charge in [-0.15, -0.1) is 0 Å². The molecule has 14 nitrogen and oxygen atoms in total. The molecule has 0 radical (unpaired) electrons. The number of carbonyl (C=O) groups excluding carboxylic acids is 2. The summed E-state index contributed by atoms with van der Waals surface area (Å²) in [6.45, 7) is 16.8. The second-order valence-electron chi connectivity index (χ2n) is 20.3. The smallest absolute Gasteiger partial charge is 0.246 e. The second-order valence-corrected chi connectivity index (χ2v) is 23.7. The molecule has 2 saturated carbocycles. The minimum absolute atomic E-state index is 0.0577. The predicted molar refractivity (Wildman–Crippen MR) is 271 cm³/mol. The van der Waals surface area contributed by atoms with Crippen LogP contribution in [0, 0.1) is 25.5 Å². The van der Waals surface area contributed by atoms with Crippen molar-refractivity contribution in [2.45, 2.75) is 112 Å². The van der Waals surface area contributed by atoms with Crippen molar-refractivity contribution in [3.05, 3.63) is 144 Å². The molecule has 2 heterocycles. The number of rotatable bonds is 20. The molecule has 4 aliphatic rings. The van der Waals surface area contributed by atoms with Crippen molar-refractivity contribution in [2.75, 3.05) is 52.4 Å². The lowest BCUT2D eigenvalue weighted by Crippen LogP contribution is -2.54. The molecule has 0 aromatic heterocycles. The maximum atomic E-state index is 14.9. The van der Waals surface area contributed by atoms with Gasteiger partial charge in [-0.25, -0.2) is 35.1 Å². The molecule has 72 heavy (non-hydrogen) atoms. The van der Waals surface area contributed by atoms with E-state index in [1.165, 1.54) is 48.6 Å². The lowest BCUT2D eigenvalue weighted by molar-refractivity contribution is -0.131. The first-order valence-corrected chi connectivity index (χ1v) is 27.6. The fourth-order valence-corrected chi connectivity index (χ4v) is 12.3. The van der Waals surface area contributed by atoms with E-state index in [9.17, 15) is 35.2 Å². The van der Waals surface area contributed by atoms with Gasteiger partial charge in [-0.1, -0.05) is 36.9 Å². The van der Waals surface area contributed by atoms with E-state index in [0.717, 1.165) is 12.8 Å². The molecule has 8 rings (SSSR count). The van der Waals surface area contributed by atoms with Gasteiger partial charge >= 0.3 is 0 Å². The van der Waals surface area contributed by atoms with Crippen molar-refractivity contribution < 1.29 is 44.7 Å². The van der Waals surface area contributed by atoms with Crippen LogP contribution in [0.1, 0.15) is 87.3 Å². The van der Waals surface area contributed by atoms with Gasteiger partial charge in [0, 0.05) is 75.5 Å².